The molecule has 5 heterocycles. The van der Waals surface area contributed by atoms with Crippen molar-refractivity contribution in [1.82, 2.24) is 0 Å². The van der Waals surface area contributed by atoms with Gasteiger partial charge in [0, 0.05) is 62.0 Å². The fourth-order valence-electron chi connectivity index (χ4n) is 24.8. The van der Waals surface area contributed by atoms with Crippen LogP contribution in [0.1, 0.15) is 165 Å². The second-order valence-corrected chi connectivity index (χ2v) is 51.3. The Labute approximate surface area is 854 Å². The molecule has 20 nitrogen and oxygen atoms in total. The Kier molecular flexibility index (Phi) is 31.2. The monoisotopic (exact) mass is 2180 g/mol. The van der Waals surface area contributed by atoms with Crippen LogP contribution in [0.4, 0.5) is 49.6 Å². The minimum Gasteiger partial charge on any atom is -0.490 e. The molecular weight excluding hydrogens is 2080 g/mol. The van der Waals surface area contributed by atoms with E-state index >= 15 is 17.6 Å². The van der Waals surface area contributed by atoms with E-state index in [0.717, 1.165) is 60.7 Å². The van der Waals surface area contributed by atoms with Crippen molar-refractivity contribution in [3.05, 3.63) is 299 Å². The predicted molar refractivity (Wildman–Crippen MR) is 522 cm³/mol. The lowest BCUT2D eigenvalue weighted by atomic mass is 9.65. The van der Waals surface area contributed by atoms with Gasteiger partial charge >= 0.3 is 0 Å². The standard InChI is InChI=1S/C22H23ClF2O4S.2C21H21ClF2O4S.C21H19ClF2O4S.C21H19F2NO3S/c1-2-3-15-16-12-29-21-18(25)9-8-17(24)20(21)22(16,11-10-19(15)26)30(27,28)14-6-4-13(23)5-7-14;3*1-2-14-15-11-28-20-17(24)8-7-16(23)19(20)21(15,10-9-18(14)25)29(26,27)13-5-3-12(22)4-6-13;1-13-9-10-21(28(25,26)16-5-3-15(24-2)4-6-16)14(11-13)12-27-20-18(23)8-7-17(22)19(20)21/h4-9,15-16,19,26H,2-3,10-12H2,1H3;2*3-8,14-15,18,25H,2,9-11H2,1H3;3-8,14-15H,2,9-11H2,1H3;3-8,13-14H,9-12H2,1H3/t15-,16-,19+,22-;14-,15-,18+,21-;14-,15-,18-,21-;14-,15-,21-;13-,14-,21+/m00001/s1. The van der Waals surface area contributed by atoms with E-state index in [9.17, 15) is 88.5 Å². The molecule has 0 spiro atoms. The van der Waals surface area contributed by atoms with Gasteiger partial charge in [-0.15, -0.1) is 0 Å². The number of hydrogen-bond acceptors (Lipinski definition) is 19. The van der Waals surface area contributed by atoms with Gasteiger partial charge in [-0.05, 0) is 258 Å². The molecule has 0 radical (unpaired) electrons. The first-order valence-electron chi connectivity index (χ1n) is 47.6. The second kappa shape index (κ2) is 41.8. The highest BCUT2D eigenvalue weighted by molar-refractivity contribution is 7.93. The molecule has 5 aliphatic carbocycles. The minimum atomic E-state index is -4.22. The van der Waals surface area contributed by atoms with Crippen molar-refractivity contribution in [1.29, 1.82) is 0 Å². The number of rotatable bonds is 15. The molecule has 5 saturated carbocycles. The fraction of sp³-hybridized carbons (Fsp3) is 0.415. The number of aliphatic hydroxyl groups excluding tert-OH is 3. The summed E-state index contributed by atoms with van der Waals surface area (Å²) in [5, 5.41) is 33.2. The van der Waals surface area contributed by atoms with Crippen LogP contribution in [0.5, 0.6) is 28.7 Å². The van der Waals surface area contributed by atoms with Crippen molar-refractivity contribution >= 4 is 107 Å². The van der Waals surface area contributed by atoms with Crippen molar-refractivity contribution in [2.45, 2.75) is 204 Å². The first-order chi connectivity index (χ1) is 68.7. The van der Waals surface area contributed by atoms with Crippen molar-refractivity contribution in [2.75, 3.05) is 33.0 Å². The lowest BCUT2D eigenvalue weighted by Gasteiger charge is -2.52. The van der Waals surface area contributed by atoms with Gasteiger partial charge in [0.05, 0.1) is 110 Å². The van der Waals surface area contributed by atoms with E-state index < -0.39 is 203 Å². The number of aliphatic hydroxyl groups is 3. The van der Waals surface area contributed by atoms with Gasteiger partial charge in [-0.25, -0.2) is 90.8 Å². The topological polar surface area (TPSA) is 299 Å². The lowest BCUT2D eigenvalue weighted by Crippen LogP contribution is -2.57. The number of nitrogens with zero attached hydrogens (tertiary/aromatic N) is 1. The van der Waals surface area contributed by atoms with Gasteiger partial charge in [0.2, 0.25) is 0 Å². The molecular formula is C106H103Cl4F10NO19S5. The van der Waals surface area contributed by atoms with Gasteiger partial charge in [-0.2, -0.15) is 0 Å². The number of benzene rings is 10. The van der Waals surface area contributed by atoms with Gasteiger partial charge in [-0.3, -0.25) is 4.79 Å². The average Bonchev–Trinajstić information content (AvgIpc) is 0.695. The molecule has 0 aromatic heterocycles. The van der Waals surface area contributed by atoms with E-state index in [1.165, 1.54) is 121 Å². The first kappa shape index (κ1) is 108. The van der Waals surface area contributed by atoms with E-state index in [-0.39, 0.29) is 184 Å². The molecule has 5 aliphatic heterocycles. The second-order valence-electron chi connectivity index (χ2n) is 38.5. The molecule has 5 fully saturated rings. The minimum absolute atomic E-state index is 0.0102. The van der Waals surface area contributed by atoms with Crippen LogP contribution in [-0.2, 0) is 77.7 Å². The third-order valence-electron chi connectivity index (χ3n) is 31.5. The molecule has 3 N–H and O–H groups in total. The third kappa shape index (κ3) is 18.0. The Bertz CT molecular complexity index is 7130. The summed E-state index contributed by atoms with van der Waals surface area (Å²) in [6.07, 6.45) is 2.01. The molecule has 0 saturated heterocycles. The van der Waals surface area contributed by atoms with Gasteiger partial charge in [0.1, 0.15) is 58.6 Å². The smallest absolute Gasteiger partial charge is 0.188 e. The van der Waals surface area contributed by atoms with Crippen molar-refractivity contribution in [3.8, 4) is 28.7 Å². The summed E-state index contributed by atoms with van der Waals surface area (Å²) < 4.78 is 307. The number of sulfone groups is 5. The number of Topliss-reactive ketones (excluding diaryl/α,β-unsaturated/α-hetero) is 1. The molecule has 774 valence electrons. The summed E-state index contributed by atoms with van der Waals surface area (Å²) in [6.45, 7) is 16.0. The van der Waals surface area contributed by atoms with Crippen LogP contribution < -0.4 is 23.7 Å². The van der Waals surface area contributed by atoms with E-state index in [1.807, 2.05) is 27.7 Å². The average molecular weight is 2190 g/mol. The van der Waals surface area contributed by atoms with Crippen LogP contribution in [-0.4, -0.2) is 115 Å². The number of ether oxygens (including phenoxy) is 5. The summed E-state index contributed by atoms with van der Waals surface area (Å²) in [5.41, 5.74) is -0.987. The van der Waals surface area contributed by atoms with Crippen molar-refractivity contribution in [3.63, 3.8) is 0 Å². The van der Waals surface area contributed by atoms with Crippen LogP contribution in [0.15, 0.2) is 206 Å². The Morgan fingerprint density at radius 2 is 0.593 bits per heavy atom. The molecule has 18 atom stereocenters. The fourth-order valence-corrected chi connectivity index (χ4v) is 37.2. The summed E-state index contributed by atoms with van der Waals surface area (Å²) in [7, 11) is -20.8. The Hall–Kier alpha value is -9.55. The number of carbonyl (C=O) groups excluding carboxylic acids is 1. The number of halogens is 14. The molecule has 145 heavy (non-hydrogen) atoms. The SMILES string of the molecule is CCC[C@@H]1[C@H](O)CC[C@@]2(S(=O)(=O)c3ccc(Cl)cc3)c3c(F)ccc(F)c3OC[C@@H]12.CC[C@@H]1C(=O)CC[C@@]2(S(=O)(=O)c3ccc(Cl)cc3)c3c(F)ccc(F)c3OC[C@@H]12.CC[C@@H]1[C@@H](O)CC[C@@]2(S(=O)(=O)c3ccc(Cl)cc3)c3c(F)ccc(F)c3OC[C@@H]12.CC[C@@H]1[C@H](O)CC[C@@]2(S(=O)(=O)c3ccc(Cl)cc3)c3c(F)ccc(F)c3OC[C@@H]12.[C-]#[N+]c1ccc(S(=O)(=O)[C@@]23CC[C@@H](C)C[C@@H]2COc2c(F)ccc(F)c23)cc1. The van der Waals surface area contributed by atoms with Crippen LogP contribution in [0.25, 0.3) is 4.85 Å². The highest BCUT2D eigenvalue weighted by Gasteiger charge is 2.68. The van der Waals surface area contributed by atoms with Gasteiger partial charge in [-0.1, -0.05) is 125 Å². The van der Waals surface area contributed by atoms with E-state index in [2.05, 4.69) is 4.85 Å². The van der Waals surface area contributed by atoms with E-state index in [1.54, 1.807) is 6.92 Å². The first-order valence-corrected chi connectivity index (χ1v) is 56.5. The number of hydrogen-bond donors (Lipinski definition) is 3. The maximum atomic E-state index is 15.2. The Balaban J connectivity index is 0.000000130. The molecule has 10 aromatic carbocycles. The van der Waals surface area contributed by atoms with Crippen LogP contribution in [0.3, 0.4) is 0 Å². The van der Waals surface area contributed by atoms with Gasteiger partial charge in [0.15, 0.2) is 113 Å². The molecule has 39 heteroatoms. The summed E-state index contributed by atoms with van der Waals surface area (Å²) >= 11 is 23.7. The number of fused-ring (bicyclic) bond motifs is 15. The normalized spacial score (nSPS) is 27.8. The molecule has 0 bridgehead atoms. The molecule has 10 aromatic rings. The van der Waals surface area contributed by atoms with E-state index in [0.29, 0.717) is 70.7 Å². The van der Waals surface area contributed by atoms with E-state index in [4.69, 9.17) is 76.7 Å². The van der Waals surface area contributed by atoms with Crippen LogP contribution >= 0.6 is 46.4 Å². The third-order valence-corrected chi connectivity index (χ3v) is 45.4. The van der Waals surface area contributed by atoms with Crippen molar-refractivity contribution in [2.24, 2.45) is 59.2 Å². The van der Waals surface area contributed by atoms with Gasteiger partial charge < -0.3 is 39.0 Å². The highest BCUT2D eigenvalue weighted by atomic mass is 35.5. The van der Waals surface area contributed by atoms with Crippen molar-refractivity contribution < 1.29 is 130 Å². The summed E-state index contributed by atoms with van der Waals surface area (Å²) in [6, 6.07) is 37.6. The maximum Gasteiger partial charge on any atom is 0.188 e. The molecule has 10 aliphatic rings. The lowest BCUT2D eigenvalue weighted by molar-refractivity contribution is -0.129. The Morgan fingerprint density at radius 3 is 0.890 bits per heavy atom. The zero-order valence-electron chi connectivity index (χ0n) is 78.8. The highest BCUT2D eigenvalue weighted by Crippen LogP contribution is 2.66. The van der Waals surface area contributed by atoms with Crippen LogP contribution in [0, 0.1) is 124 Å². The molecule has 20 rings (SSSR count). The number of carbonyl (C=O) groups is 1. The zero-order valence-corrected chi connectivity index (χ0v) is 85.9. The molecule has 0 unspecified atom stereocenters. The quantitative estimate of drug-likeness (QED) is 0.0634. The molecule has 0 amide bonds. The summed E-state index contributed by atoms with van der Waals surface area (Å²) in [5.74, 6) is -15.0. The predicted octanol–water partition coefficient (Wildman–Crippen LogP) is 23.5. The Morgan fingerprint density at radius 1 is 0.338 bits per heavy atom. The summed E-state index contributed by atoms with van der Waals surface area (Å²) in [4.78, 5) is 15.8. The maximum absolute atomic E-state index is 15.2. The largest absolute Gasteiger partial charge is 0.490 e. The van der Waals surface area contributed by atoms with Gasteiger partial charge in [0.25, 0.3) is 0 Å². The van der Waals surface area contributed by atoms with Crippen LogP contribution in [0.2, 0.25) is 20.1 Å². The zero-order chi connectivity index (χ0) is 105. The number of ketones is 1.